The van der Waals surface area contributed by atoms with Gasteiger partial charge >= 0.3 is 5.97 Å². The highest BCUT2D eigenvalue weighted by atomic mass is 16.6. The van der Waals surface area contributed by atoms with Crippen LogP contribution in [0.2, 0.25) is 0 Å². The van der Waals surface area contributed by atoms with Crippen molar-refractivity contribution in [3.63, 3.8) is 0 Å². The third-order valence-electron chi connectivity index (χ3n) is 8.01. The molecule has 0 amide bonds. The molecule has 0 radical (unpaired) electrons. The molecule has 2 aromatic heterocycles. The number of hydrogen-bond acceptors (Lipinski definition) is 14. The second-order valence-corrected chi connectivity index (χ2v) is 11.3. The zero-order valence-corrected chi connectivity index (χ0v) is 26.9. The third kappa shape index (κ3) is 10.1. The molecule has 2 fully saturated rings. The van der Waals surface area contributed by atoms with Crippen LogP contribution in [-0.4, -0.2) is 129 Å². The second kappa shape index (κ2) is 18.3. The number of carboxylic acids is 1. The highest BCUT2D eigenvalue weighted by Gasteiger charge is 2.41. The number of piperazine rings is 1. The molecule has 0 unspecified atom stereocenters. The Kier molecular flexibility index (Phi) is 13.4. The molecule has 4 N–H and O–H groups in total. The van der Waals surface area contributed by atoms with E-state index in [2.05, 4.69) is 25.0 Å². The highest BCUT2D eigenvalue weighted by Crippen LogP contribution is 2.39. The zero-order valence-electron chi connectivity index (χ0n) is 26.9. The standard InChI is InChI=1S/C33H44N6O9/c34-33-29(20-28(36-37-33)27-3-1-2-4-30(27)40)38-21-25-5-6-26(22-38)39(25)24-7-8-35-31(19-24)48-18-17-46-14-13-44-10-9-43-11-12-45-15-16-47-23-32(41)42/h1-4,7-8,19-20,25-26,40H,5-6,9-18,21-23H2,(H2,34,37)(H,41,42)/t25-,26+. The average molecular weight is 669 g/mol. The van der Waals surface area contributed by atoms with Gasteiger partial charge in [-0.2, -0.15) is 0 Å². The van der Waals surface area contributed by atoms with Gasteiger partial charge in [-0.1, -0.05) is 12.1 Å². The first-order valence-electron chi connectivity index (χ1n) is 16.1. The number of aromatic nitrogens is 3. The van der Waals surface area contributed by atoms with Gasteiger partial charge in [0.05, 0.1) is 70.8 Å². The summed E-state index contributed by atoms with van der Waals surface area (Å²) >= 11 is 0. The fourth-order valence-corrected chi connectivity index (χ4v) is 5.87. The van der Waals surface area contributed by atoms with Crippen LogP contribution in [0, 0.1) is 0 Å². The third-order valence-corrected chi connectivity index (χ3v) is 8.01. The van der Waals surface area contributed by atoms with Crippen LogP contribution in [0.4, 0.5) is 17.2 Å². The highest BCUT2D eigenvalue weighted by molar-refractivity contribution is 5.74. The smallest absolute Gasteiger partial charge is 0.329 e. The lowest BCUT2D eigenvalue weighted by atomic mass is 10.1. The quantitative estimate of drug-likeness (QED) is 0.140. The summed E-state index contributed by atoms with van der Waals surface area (Å²) in [4.78, 5) is 19.5. The van der Waals surface area contributed by atoms with Crippen molar-refractivity contribution >= 4 is 23.2 Å². The van der Waals surface area contributed by atoms with Crippen LogP contribution in [0.3, 0.4) is 0 Å². The van der Waals surface area contributed by atoms with E-state index in [1.165, 1.54) is 0 Å². The van der Waals surface area contributed by atoms with Gasteiger partial charge in [0.2, 0.25) is 5.88 Å². The fourth-order valence-electron chi connectivity index (χ4n) is 5.87. The van der Waals surface area contributed by atoms with Crippen LogP contribution >= 0.6 is 0 Å². The van der Waals surface area contributed by atoms with E-state index in [9.17, 15) is 9.90 Å². The number of carboxylic acid groups (broad SMARTS) is 1. The molecule has 15 heteroatoms. The average Bonchev–Trinajstić information content (AvgIpc) is 3.35. The molecule has 48 heavy (non-hydrogen) atoms. The van der Waals surface area contributed by atoms with Gasteiger partial charge in [0.15, 0.2) is 5.82 Å². The zero-order chi connectivity index (χ0) is 33.6. The molecular formula is C33H44N6O9. The minimum atomic E-state index is -1.000. The Morgan fingerprint density at radius 3 is 2.04 bits per heavy atom. The molecule has 4 heterocycles. The van der Waals surface area contributed by atoms with E-state index in [0.29, 0.717) is 94.5 Å². The molecule has 0 aliphatic carbocycles. The first kappa shape index (κ1) is 35.0. The molecule has 3 aromatic rings. The Labute approximate surface area is 279 Å². The van der Waals surface area contributed by atoms with E-state index >= 15 is 0 Å². The molecule has 0 spiro atoms. The predicted octanol–water partition coefficient (Wildman–Crippen LogP) is 2.23. The lowest BCUT2D eigenvalue weighted by Gasteiger charge is -2.43. The largest absolute Gasteiger partial charge is 0.507 e. The van der Waals surface area contributed by atoms with Gasteiger partial charge in [0.1, 0.15) is 19.0 Å². The number of ether oxygens (including phenoxy) is 6. The van der Waals surface area contributed by atoms with Gasteiger partial charge in [-0.3, -0.25) is 0 Å². The number of nitrogen functional groups attached to an aromatic ring is 1. The predicted molar refractivity (Wildman–Crippen MR) is 177 cm³/mol. The molecule has 260 valence electrons. The van der Waals surface area contributed by atoms with Crippen molar-refractivity contribution in [1.29, 1.82) is 0 Å². The van der Waals surface area contributed by atoms with Crippen LogP contribution in [-0.2, 0) is 28.5 Å². The first-order valence-corrected chi connectivity index (χ1v) is 16.1. The topological polar surface area (TPSA) is 184 Å². The summed E-state index contributed by atoms with van der Waals surface area (Å²) in [6.45, 7) is 5.18. The number of para-hydroxylation sites is 1. The van der Waals surface area contributed by atoms with Crippen LogP contribution in [0.5, 0.6) is 11.6 Å². The molecule has 0 saturated carbocycles. The molecule has 5 rings (SSSR count). The number of fused-ring (bicyclic) bond motifs is 2. The molecular weight excluding hydrogens is 624 g/mol. The SMILES string of the molecule is Nc1nnc(-c2ccccc2O)cc1N1C[C@H]2CC[C@@H](C1)N2c1ccnc(OCCOCCOCCOCCOCCOCC(=O)O)c1. The van der Waals surface area contributed by atoms with Gasteiger partial charge in [-0.15, -0.1) is 10.2 Å². The van der Waals surface area contributed by atoms with Gasteiger partial charge in [0.25, 0.3) is 0 Å². The lowest BCUT2D eigenvalue weighted by Crippen LogP contribution is -2.54. The monoisotopic (exact) mass is 668 g/mol. The minimum absolute atomic E-state index is 0.155. The molecule has 2 aliphatic rings. The van der Waals surface area contributed by atoms with E-state index in [0.717, 1.165) is 37.3 Å². The number of phenols is 1. The summed E-state index contributed by atoms with van der Waals surface area (Å²) in [7, 11) is 0. The normalized spacial score (nSPS) is 17.2. The van der Waals surface area contributed by atoms with E-state index in [1.807, 2.05) is 30.3 Å². The van der Waals surface area contributed by atoms with Gasteiger partial charge in [-0.25, -0.2) is 9.78 Å². The van der Waals surface area contributed by atoms with E-state index in [-0.39, 0.29) is 19.0 Å². The van der Waals surface area contributed by atoms with Crippen LogP contribution < -0.4 is 20.3 Å². The molecule has 2 atom stereocenters. The number of benzene rings is 1. The Hall–Kier alpha value is -4.28. The van der Waals surface area contributed by atoms with Crippen LogP contribution in [0.15, 0.2) is 48.7 Å². The van der Waals surface area contributed by atoms with Crippen molar-refractivity contribution in [2.75, 3.05) is 101 Å². The van der Waals surface area contributed by atoms with E-state index < -0.39 is 5.97 Å². The van der Waals surface area contributed by atoms with Crippen molar-refractivity contribution in [3.05, 3.63) is 48.7 Å². The van der Waals surface area contributed by atoms with Crippen molar-refractivity contribution < 1.29 is 43.4 Å². The number of anilines is 3. The Bertz CT molecular complexity index is 1440. The Morgan fingerprint density at radius 1 is 0.812 bits per heavy atom. The first-order chi connectivity index (χ1) is 23.5. The lowest BCUT2D eigenvalue weighted by molar-refractivity contribution is -0.142. The van der Waals surface area contributed by atoms with Crippen molar-refractivity contribution in [3.8, 4) is 22.9 Å². The Morgan fingerprint density at radius 2 is 1.42 bits per heavy atom. The number of nitrogens with zero attached hydrogens (tertiary/aromatic N) is 5. The fraction of sp³-hybridized carbons (Fsp3) is 0.515. The number of carbonyl (C=O) groups is 1. The van der Waals surface area contributed by atoms with Crippen molar-refractivity contribution in [1.82, 2.24) is 15.2 Å². The number of aliphatic carboxylic acids is 1. The summed E-state index contributed by atoms with van der Waals surface area (Å²) in [5.41, 5.74) is 9.42. The molecule has 15 nitrogen and oxygen atoms in total. The van der Waals surface area contributed by atoms with Crippen LogP contribution in [0.25, 0.3) is 11.3 Å². The summed E-state index contributed by atoms with van der Waals surface area (Å²) in [5, 5.41) is 27.2. The summed E-state index contributed by atoms with van der Waals surface area (Å²) < 4.78 is 32.6. The van der Waals surface area contributed by atoms with Gasteiger partial charge in [-0.05, 0) is 37.1 Å². The van der Waals surface area contributed by atoms with Gasteiger partial charge in [0, 0.05) is 48.7 Å². The number of rotatable bonds is 21. The number of nitrogens with two attached hydrogens (primary N) is 1. The molecule has 1 aromatic carbocycles. The number of aromatic hydroxyl groups is 1. The summed E-state index contributed by atoms with van der Waals surface area (Å²) in [6.07, 6.45) is 3.91. The summed E-state index contributed by atoms with van der Waals surface area (Å²) in [6, 6.07) is 13.6. The van der Waals surface area contributed by atoms with E-state index in [1.54, 1.807) is 18.3 Å². The maximum atomic E-state index is 10.3. The van der Waals surface area contributed by atoms with E-state index in [4.69, 9.17) is 39.3 Å². The van der Waals surface area contributed by atoms with Crippen molar-refractivity contribution in [2.45, 2.75) is 24.9 Å². The maximum Gasteiger partial charge on any atom is 0.329 e. The second-order valence-electron chi connectivity index (χ2n) is 11.3. The molecule has 2 saturated heterocycles. The minimum Gasteiger partial charge on any atom is -0.507 e. The number of pyridine rings is 1. The van der Waals surface area contributed by atoms with Crippen LogP contribution in [0.1, 0.15) is 12.8 Å². The Balaban J connectivity index is 0.972. The number of hydrogen-bond donors (Lipinski definition) is 3. The maximum absolute atomic E-state index is 10.3. The van der Waals surface area contributed by atoms with Gasteiger partial charge < -0.3 is 54.2 Å². The molecule has 2 bridgehead atoms. The summed E-state index contributed by atoms with van der Waals surface area (Å²) in [5.74, 6) is 0.0858. The number of phenolic OH excluding ortho intramolecular Hbond substituents is 1. The van der Waals surface area contributed by atoms with Crippen molar-refractivity contribution in [2.24, 2.45) is 0 Å². The molecule has 2 aliphatic heterocycles.